The smallest absolute Gasteiger partial charge is 0.381 e. The number of Topliss-reactive ketones (excluding diaryl/α,β-unsaturated/α-hetero) is 1. The van der Waals surface area contributed by atoms with E-state index < -0.39 is 60.7 Å². The first-order valence-corrected chi connectivity index (χ1v) is 6.20. The van der Waals surface area contributed by atoms with E-state index in [0.29, 0.717) is 0 Å². The van der Waals surface area contributed by atoms with Gasteiger partial charge in [0.2, 0.25) is 11.7 Å². The maximum atomic E-state index is 13.7. The van der Waals surface area contributed by atoms with Crippen LogP contribution in [0, 0.1) is 11.8 Å². The Hall–Kier alpha value is -2.06. The van der Waals surface area contributed by atoms with Gasteiger partial charge in [-0.1, -0.05) is 13.8 Å². The number of carbonyl (C=O) groups is 4. The number of ketones is 1. The monoisotopic (exact) mass is 308 g/mol. The van der Waals surface area contributed by atoms with Gasteiger partial charge in [0.15, 0.2) is 0 Å². The number of alkyl halides is 2. The van der Waals surface area contributed by atoms with Crippen LogP contribution in [0.15, 0.2) is 0 Å². The highest BCUT2D eigenvalue weighted by Gasteiger charge is 2.50. The molecule has 0 aromatic carbocycles. The minimum absolute atomic E-state index is 0.529. The molecule has 9 heteroatoms. The summed E-state index contributed by atoms with van der Waals surface area (Å²) in [5, 5.41) is 10.0. The Kier molecular flexibility index (Phi) is 6.90. The van der Waals surface area contributed by atoms with Gasteiger partial charge in [0.05, 0.1) is 6.42 Å². The van der Waals surface area contributed by atoms with Gasteiger partial charge in [-0.25, -0.2) is 0 Å². The molecule has 0 aliphatic rings. The zero-order valence-corrected chi connectivity index (χ0v) is 11.7. The fourth-order valence-electron chi connectivity index (χ4n) is 1.59. The summed E-state index contributed by atoms with van der Waals surface area (Å²) in [7, 11) is 0. The molecule has 0 aromatic heterocycles. The molecule has 0 saturated heterocycles. The van der Waals surface area contributed by atoms with Gasteiger partial charge >= 0.3 is 11.9 Å². The molecule has 120 valence electrons. The third-order valence-corrected chi connectivity index (χ3v) is 2.78. The van der Waals surface area contributed by atoms with E-state index in [-0.39, 0.29) is 0 Å². The molecule has 0 saturated carbocycles. The van der Waals surface area contributed by atoms with E-state index in [1.807, 2.05) is 0 Å². The van der Waals surface area contributed by atoms with Gasteiger partial charge < -0.3 is 16.2 Å². The first-order chi connectivity index (χ1) is 9.50. The van der Waals surface area contributed by atoms with E-state index in [1.54, 1.807) is 5.32 Å². The number of amides is 2. The maximum absolute atomic E-state index is 13.7. The van der Waals surface area contributed by atoms with Crippen LogP contribution in [0.4, 0.5) is 8.78 Å². The lowest BCUT2D eigenvalue weighted by atomic mass is 9.85. The van der Waals surface area contributed by atoms with Crippen LogP contribution in [0.2, 0.25) is 0 Å². The minimum atomic E-state index is -4.34. The number of carbonyl (C=O) groups excluding carboxylic acids is 3. The van der Waals surface area contributed by atoms with Crippen LogP contribution in [0.1, 0.15) is 26.7 Å². The van der Waals surface area contributed by atoms with Crippen LogP contribution in [0.5, 0.6) is 0 Å². The molecular formula is C12H18F2N2O5. The van der Waals surface area contributed by atoms with Crippen molar-refractivity contribution in [1.82, 2.24) is 5.32 Å². The molecular weight excluding hydrogens is 290 g/mol. The lowest BCUT2D eigenvalue weighted by molar-refractivity contribution is -0.162. The second kappa shape index (κ2) is 7.65. The highest BCUT2D eigenvalue weighted by Crippen LogP contribution is 2.26. The summed E-state index contributed by atoms with van der Waals surface area (Å²) in [6, 6.07) is 0. The van der Waals surface area contributed by atoms with Crippen LogP contribution in [0.3, 0.4) is 0 Å². The number of halogens is 2. The second-order valence-electron chi connectivity index (χ2n) is 4.86. The van der Waals surface area contributed by atoms with Crippen molar-refractivity contribution in [3.8, 4) is 0 Å². The first-order valence-electron chi connectivity index (χ1n) is 6.20. The molecule has 0 spiro atoms. The molecule has 1 unspecified atom stereocenters. The molecule has 0 radical (unpaired) electrons. The molecule has 0 rings (SSSR count). The van der Waals surface area contributed by atoms with Gasteiger partial charge in [-0.15, -0.1) is 0 Å². The van der Waals surface area contributed by atoms with Crippen molar-refractivity contribution >= 4 is 23.6 Å². The molecule has 1 atom stereocenters. The quantitative estimate of drug-likeness (QED) is 0.514. The van der Waals surface area contributed by atoms with Crippen LogP contribution in [0.25, 0.3) is 0 Å². The highest BCUT2D eigenvalue weighted by molar-refractivity contribution is 6.09. The van der Waals surface area contributed by atoms with E-state index in [0.717, 1.165) is 0 Å². The summed E-state index contributed by atoms with van der Waals surface area (Å²) in [5.41, 5.74) is 4.90. The normalized spacial score (nSPS) is 12.8. The molecule has 0 aromatic rings. The number of rotatable bonds is 9. The minimum Gasteiger partial charge on any atom is -0.481 e. The van der Waals surface area contributed by atoms with Crippen molar-refractivity contribution in [2.24, 2.45) is 17.6 Å². The van der Waals surface area contributed by atoms with Crippen LogP contribution in [-0.2, 0) is 19.2 Å². The van der Waals surface area contributed by atoms with Crippen molar-refractivity contribution in [3.05, 3.63) is 0 Å². The zero-order chi connectivity index (χ0) is 16.8. The molecule has 21 heavy (non-hydrogen) atoms. The number of carboxylic acid groups (broad SMARTS) is 1. The topological polar surface area (TPSA) is 127 Å². The zero-order valence-electron chi connectivity index (χ0n) is 11.7. The summed E-state index contributed by atoms with van der Waals surface area (Å²) in [5.74, 6) is -12.1. The van der Waals surface area contributed by atoms with Crippen LogP contribution < -0.4 is 11.1 Å². The number of nitrogens with two attached hydrogens (primary N) is 1. The molecule has 0 heterocycles. The van der Waals surface area contributed by atoms with E-state index in [9.17, 15) is 28.0 Å². The summed E-state index contributed by atoms with van der Waals surface area (Å²) < 4.78 is 27.5. The van der Waals surface area contributed by atoms with E-state index in [4.69, 9.17) is 10.8 Å². The number of hydrogen-bond donors (Lipinski definition) is 3. The fraction of sp³-hybridized carbons (Fsp3) is 0.667. The Morgan fingerprint density at radius 1 is 1.24 bits per heavy atom. The van der Waals surface area contributed by atoms with Gasteiger partial charge in [-0.2, -0.15) is 8.78 Å². The third-order valence-electron chi connectivity index (χ3n) is 2.78. The van der Waals surface area contributed by atoms with Crippen LogP contribution in [-0.4, -0.2) is 41.1 Å². The molecule has 2 amide bonds. The summed E-state index contributed by atoms with van der Waals surface area (Å²) in [6.07, 6.45) is -1.14. The van der Waals surface area contributed by atoms with E-state index >= 15 is 0 Å². The molecule has 0 fully saturated rings. The Morgan fingerprint density at radius 3 is 2.14 bits per heavy atom. The van der Waals surface area contributed by atoms with Gasteiger partial charge in [0, 0.05) is 18.9 Å². The average Bonchev–Trinajstić information content (AvgIpc) is 2.33. The summed E-state index contributed by atoms with van der Waals surface area (Å²) >= 11 is 0. The summed E-state index contributed by atoms with van der Waals surface area (Å²) in [6.45, 7) is 2.37. The number of primary amides is 1. The Labute approximate surface area is 119 Å². The SMILES string of the molecule is CC(C)C(CC(N)=O)C(=O)C(F)(F)C(=O)NCCC(=O)O. The lowest BCUT2D eigenvalue weighted by Crippen LogP contribution is -2.50. The van der Waals surface area contributed by atoms with Gasteiger partial charge in [-0.3, -0.25) is 19.2 Å². The number of nitrogens with one attached hydrogen (secondary N) is 1. The van der Waals surface area contributed by atoms with E-state index in [1.165, 1.54) is 13.8 Å². The largest absolute Gasteiger partial charge is 0.481 e. The Bertz CT molecular complexity index is 437. The Balaban J connectivity index is 4.92. The highest BCUT2D eigenvalue weighted by atomic mass is 19.3. The second-order valence-corrected chi connectivity index (χ2v) is 4.86. The van der Waals surface area contributed by atoms with Crippen molar-refractivity contribution in [2.75, 3.05) is 6.54 Å². The number of aliphatic carboxylic acids is 1. The van der Waals surface area contributed by atoms with Crippen molar-refractivity contribution in [3.63, 3.8) is 0 Å². The van der Waals surface area contributed by atoms with Crippen molar-refractivity contribution in [2.45, 2.75) is 32.6 Å². The average molecular weight is 308 g/mol. The standard InChI is InChI=1S/C12H18F2N2O5/c1-6(2)7(5-8(15)17)10(20)12(13,14)11(21)16-4-3-9(18)19/h6-7H,3-5H2,1-2H3,(H2,15,17)(H,16,21)(H,18,19). The lowest BCUT2D eigenvalue weighted by Gasteiger charge is -2.23. The van der Waals surface area contributed by atoms with Crippen molar-refractivity contribution in [1.29, 1.82) is 0 Å². The first kappa shape index (κ1) is 18.9. The molecule has 7 nitrogen and oxygen atoms in total. The van der Waals surface area contributed by atoms with Gasteiger partial charge in [0.1, 0.15) is 0 Å². The number of carboxylic acids is 1. The van der Waals surface area contributed by atoms with Gasteiger partial charge in [0.25, 0.3) is 5.91 Å². The number of hydrogen-bond acceptors (Lipinski definition) is 4. The molecule has 4 N–H and O–H groups in total. The predicted octanol–water partition coefficient (Wildman–Crippen LogP) is -0.0707. The predicted molar refractivity (Wildman–Crippen MR) is 67.4 cm³/mol. The molecule has 0 aliphatic heterocycles. The van der Waals surface area contributed by atoms with Crippen LogP contribution >= 0.6 is 0 Å². The Morgan fingerprint density at radius 2 is 1.76 bits per heavy atom. The summed E-state index contributed by atoms with van der Waals surface area (Å²) in [4.78, 5) is 44.1. The fourth-order valence-corrected chi connectivity index (χ4v) is 1.59. The van der Waals surface area contributed by atoms with E-state index in [2.05, 4.69) is 0 Å². The molecule has 0 bridgehead atoms. The third kappa shape index (κ3) is 5.84. The van der Waals surface area contributed by atoms with Crippen molar-refractivity contribution < 1.29 is 33.1 Å². The maximum Gasteiger partial charge on any atom is 0.381 e. The van der Waals surface area contributed by atoms with Gasteiger partial charge in [-0.05, 0) is 5.92 Å². The molecule has 0 aliphatic carbocycles.